The zero-order valence-electron chi connectivity index (χ0n) is 12.7. The summed E-state index contributed by atoms with van der Waals surface area (Å²) in [5, 5.41) is 3.86. The second-order valence-corrected chi connectivity index (χ2v) is 6.08. The molecule has 1 N–H and O–H groups in total. The summed E-state index contributed by atoms with van der Waals surface area (Å²) in [6.45, 7) is 2.27. The van der Waals surface area contributed by atoms with Gasteiger partial charge in [-0.2, -0.15) is 0 Å². The number of hydrogen-bond acceptors (Lipinski definition) is 2. The van der Waals surface area contributed by atoms with Crippen molar-refractivity contribution in [2.45, 2.75) is 50.6 Å². The Labute approximate surface area is 127 Å². The number of pyridine rings is 1. The molecule has 2 nitrogen and oxygen atoms in total. The molecule has 110 valence electrons. The second-order valence-electron chi connectivity index (χ2n) is 6.08. The van der Waals surface area contributed by atoms with Gasteiger partial charge >= 0.3 is 0 Å². The molecule has 0 unspecified atom stereocenters. The summed E-state index contributed by atoms with van der Waals surface area (Å²) in [7, 11) is 0. The van der Waals surface area contributed by atoms with Gasteiger partial charge in [0.25, 0.3) is 0 Å². The van der Waals surface area contributed by atoms with Gasteiger partial charge in [0.1, 0.15) is 0 Å². The quantitative estimate of drug-likeness (QED) is 0.894. The minimum absolute atomic E-state index is 0.397. The minimum atomic E-state index is 0.397. The van der Waals surface area contributed by atoms with Gasteiger partial charge in [0.05, 0.1) is 0 Å². The maximum Gasteiger partial charge on any atom is 0.0303 e. The average Bonchev–Trinajstić information content (AvgIpc) is 2.57. The van der Waals surface area contributed by atoms with Crippen molar-refractivity contribution in [2.75, 3.05) is 0 Å². The van der Waals surface area contributed by atoms with E-state index in [9.17, 15) is 0 Å². The van der Waals surface area contributed by atoms with E-state index >= 15 is 0 Å². The topological polar surface area (TPSA) is 24.9 Å². The first-order chi connectivity index (χ1) is 10.3. The standard InChI is InChI=1S/C19H24N2/c1-15(16-8-3-2-4-9-16)21-19-12-6-5-11-18(19)17-10-7-13-20-14-17/h2-4,7-10,13-15,18-19,21H,5-6,11-12H2,1H3/t15-,18+,19-/m1/s1. The lowest BCUT2D eigenvalue weighted by molar-refractivity contribution is 0.305. The van der Waals surface area contributed by atoms with E-state index in [0.717, 1.165) is 0 Å². The largest absolute Gasteiger partial charge is 0.307 e. The molecule has 1 aromatic carbocycles. The van der Waals surface area contributed by atoms with Gasteiger partial charge in [-0.15, -0.1) is 0 Å². The van der Waals surface area contributed by atoms with E-state index in [0.29, 0.717) is 18.0 Å². The highest BCUT2D eigenvalue weighted by Crippen LogP contribution is 2.34. The molecule has 3 atom stereocenters. The second kappa shape index (κ2) is 6.86. The summed E-state index contributed by atoms with van der Waals surface area (Å²) >= 11 is 0. The molecule has 1 aromatic heterocycles. The molecule has 1 aliphatic rings. The van der Waals surface area contributed by atoms with Gasteiger partial charge in [0.15, 0.2) is 0 Å². The fourth-order valence-electron chi connectivity index (χ4n) is 3.48. The fourth-order valence-corrected chi connectivity index (χ4v) is 3.48. The Balaban J connectivity index is 1.73. The van der Waals surface area contributed by atoms with Crippen LogP contribution in [-0.2, 0) is 0 Å². The van der Waals surface area contributed by atoms with Crippen LogP contribution >= 0.6 is 0 Å². The Bertz CT molecular complexity index is 538. The van der Waals surface area contributed by atoms with Gasteiger partial charge in [-0.25, -0.2) is 0 Å². The van der Waals surface area contributed by atoms with Crippen molar-refractivity contribution in [1.82, 2.24) is 10.3 Å². The lowest BCUT2D eigenvalue weighted by Crippen LogP contribution is -2.38. The predicted octanol–water partition coefficient (Wildman–Crippen LogP) is 4.46. The van der Waals surface area contributed by atoms with Crippen LogP contribution in [-0.4, -0.2) is 11.0 Å². The van der Waals surface area contributed by atoms with Crippen molar-refractivity contribution in [1.29, 1.82) is 0 Å². The SMILES string of the molecule is C[C@@H](N[C@@H]1CCCC[C@H]1c1cccnc1)c1ccccc1. The molecule has 0 aliphatic heterocycles. The van der Waals surface area contributed by atoms with E-state index in [1.165, 1.54) is 36.8 Å². The lowest BCUT2D eigenvalue weighted by atomic mass is 9.80. The molecule has 0 saturated heterocycles. The van der Waals surface area contributed by atoms with Gasteiger partial charge in [-0.05, 0) is 37.0 Å². The van der Waals surface area contributed by atoms with Gasteiger partial charge in [0, 0.05) is 30.4 Å². The Morgan fingerprint density at radius 1 is 1.05 bits per heavy atom. The Morgan fingerprint density at radius 2 is 1.86 bits per heavy atom. The zero-order chi connectivity index (χ0) is 14.5. The molecule has 0 radical (unpaired) electrons. The van der Waals surface area contributed by atoms with E-state index in [-0.39, 0.29) is 0 Å². The van der Waals surface area contributed by atoms with E-state index in [4.69, 9.17) is 0 Å². The number of aromatic nitrogens is 1. The smallest absolute Gasteiger partial charge is 0.0303 e. The Kier molecular flexibility index (Phi) is 4.66. The van der Waals surface area contributed by atoms with Gasteiger partial charge in [-0.1, -0.05) is 49.2 Å². The van der Waals surface area contributed by atoms with Gasteiger partial charge in [-0.3, -0.25) is 4.98 Å². The number of rotatable bonds is 4. The van der Waals surface area contributed by atoms with Crippen LogP contribution < -0.4 is 5.32 Å². The van der Waals surface area contributed by atoms with E-state index in [1.54, 1.807) is 0 Å². The number of benzene rings is 1. The van der Waals surface area contributed by atoms with Crippen LogP contribution in [0.5, 0.6) is 0 Å². The molecule has 0 bridgehead atoms. The first-order valence-corrected chi connectivity index (χ1v) is 8.05. The fraction of sp³-hybridized carbons (Fsp3) is 0.421. The molecule has 1 saturated carbocycles. The molecule has 1 fully saturated rings. The monoisotopic (exact) mass is 280 g/mol. The number of hydrogen-bond donors (Lipinski definition) is 1. The third-order valence-corrected chi connectivity index (χ3v) is 4.64. The summed E-state index contributed by atoms with van der Waals surface area (Å²) in [6.07, 6.45) is 9.09. The van der Waals surface area contributed by atoms with Crippen LogP contribution in [0.15, 0.2) is 54.9 Å². The number of nitrogens with zero attached hydrogens (tertiary/aromatic N) is 1. The molecule has 0 spiro atoms. The summed E-state index contributed by atoms with van der Waals surface area (Å²) in [5.41, 5.74) is 2.75. The highest BCUT2D eigenvalue weighted by molar-refractivity contribution is 5.21. The molecular weight excluding hydrogens is 256 g/mol. The van der Waals surface area contributed by atoms with Gasteiger partial charge in [0.2, 0.25) is 0 Å². The molecule has 0 amide bonds. The van der Waals surface area contributed by atoms with Crippen LogP contribution in [0, 0.1) is 0 Å². The maximum absolute atomic E-state index is 4.30. The molecule has 1 heterocycles. The van der Waals surface area contributed by atoms with Crippen LogP contribution in [0.4, 0.5) is 0 Å². The average molecular weight is 280 g/mol. The maximum atomic E-state index is 4.30. The molecule has 2 heteroatoms. The van der Waals surface area contributed by atoms with Crippen molar-refractivity contribution >= 4 is 0 Å². The van der Waals surface area contributed by atoms with Gasteiger partial charge < -0.3 is 5.32 Å². The first kappa shape index (κ1) is 14.3. The molecular formula is C19H24N2. The third kappa shape index (κ3) is 3.51. The Morgan fingerprint density at radius 3 is 2.62 bits per heavy atom. The van der Waals surface area contributed by atoms with Crippen molar-refractivity contribution in [3.05, 3.63) is 66.0 Å². The van der Waals surface area contributed by atoms with Crippen molar-refractivity contribution < 1.29 is 0 Å². The third-order valence-electron chi connectivity index (χ3n) is 4.64. The molecule has 21 heavy (non-hydrogen) atoms. The number of nitrogens with one attached hydrogen (secondary N) is 1. The summed E-state index contributed by atoms with van der Waals surface area (Å²) in [4.78, 5) is 4.30. The lowest BCUT2D eigenvalue weighted by Gasteiger charge is -2.34. The van der Waals surface area contributed by atoms with Crippen molar-refractivity contribution in [2.24, 2.45) is 0 Å². The molecule has 3 rings (SSSR count). The highest BCUT2D eigenvalue weighted by atomic mass is 15.0. The van der Waals surface area contributed by atoms with Crippen LogP contribution in [0.2, 0.25) is 0 Å². The molecule has 2 aromatic rings. The predicted molar refractivity (Wildman–Crippen MR) is 87.2 cm³/mol. The van der Waals surface area contributed by atoms with Crippen LogP contribution in [0.1, 0.15) is 55.7 Å². The normalized spacial score (nSPS) is 23.7. The zero-order valence-corrected chi connectivity index (χ0v) is 12.7. The van der Waals surface area contributed by atoms with Crippen LogP contribution in [0.3, 0.4) is 0 Å². The highest BCUT2D eigenvalue weighted by Gasteiger charge is 2.27. The van der Waals surface area contributed by atoms with E-state index < -0.39 is 0 Å². The van der Waals surface area contributed by atoms with Crippen molar-refractivity contribution in [3.63, 3.8) is 0 Å². The summed E-state index contributed by atoms with van der Waals surface area (Å²) in [5.74, 6) is 0.596. The Hall–Kier alpha value is -1.67. The summed E-state index contributed by atoms with van der Waals surface area (Å²) in [6, 6.07) is 16.0. The summed E-state index contributed by atoms with van der Waals surface area (Å²) < 4.78 is 0. The van der Waals surface area contributed by atoms with E-state index in [2.05, 4.69) is 59.7 Å². The first-order valence-electron chi connectivity index (χ1n) is 8.05. The van der Waals surface area contributed by atoms with E-state index in [1.807, 2.05) is 12.4 Å². The van der Waals surface area contributed by atoms with Crippen LogP contribution in [0.25, 0.3) is 0 Å². The molecule has 1 aliphatic carbocycles. The minimum Gasteiger partial charge on any atom is -0.307 e. The van der Waals surface area contributed by atoms with Crippen molar-refractivity contribution in [3.8, 4) is 0 Å².